The molecule has 1 aliphatic heterocycles. The Labute approximate surface area is 144 Å². The van der Waals surface area contributed by atoms with E-state index in [4.69, 9.17) is 14.2 Å². The van der Waals surface area contributed by atoms with E-state index < -0.39 is 49.4 Å². The number of phenolic OH excluding ortho intramolecular Hbond substituents is 1. The molecule has 1 fully saturated rings. The Morgan fingerprint density at radius 3 is 2.48 bits per heavy atom. The fourth-order valence-corrected chi connectivity index (χ4v) is 2.35. The molecular formula is C16H22O9. The lowest BCUT2D eigenvalue weighted by molar-refractivity contribution is -0.277. The Hall–Kier alpha value is -1.91. The second kappa shape index (κ2) is 7.98. The zero-order valence-electron chi connectivity index (χ0n) is 13.8. The van der Waals surface area contributed by atoms with Crippen LogP contribution >= 0.6 is 0 Å². The number of aliphatic hydroxyl groups is 4. The van der Waals surface area contributed by atoms with E-state index in [0.717, 1.165) is 6.07 Å². The van der Waals surface area contributed by atoms with E-state index in [9.17, 15) is 30.3 Å². The van der Waals surface area contributed by atoms with E-state index in [1.807, 2.05) is 0 Å². The minimum Gasteiger partial charge on any atom is -0.508 e. The Bertz CT molecular complexity index is 601. The number of hydrogen-bond donors (Lipinski definition) is 5. The van der Waals surface area contributed by atoms with Crippen molar-refractivity contribution in [3.8, 4) is 11.5 Å². The highest BCUT2D eigenvalue weighted by molar-refractivity contribution is 5.93. The van der Waals surface area contributed by atoms with Crippen LogP contribution in [0, 0.1) is 0 Å². The van der Waals surface area contributed by atoms with Gasteiger partial charge in [0.05, 0.1) is 12.7 Å². The van der Waals surface area contributed by atoms with E-state index >= 15 is 0 Å². The van der Waals surface area contributed by atoms with Gasteiger partial charge in [0.25, 0.3) is 0 Å². The topological polar surface area (TPSA) is 146 Å². The molecule has 9 heteroatoms. The van der Waals surface area contributed by atoms with Crippen LogP contribution in [0.5, 0.6) is 11.5 Å². The highest BCUT2D eigenvalue weighted by Crippen LogP contribution is 2.29. The van der Waals surface area contributed by atoms with E-state index in [-0.39, 0.29) is 17.1 Å². The average molecular weight is 358 g/mol. The lowest BCUT2D eigenvalue weighted by Gasteiger charge is -2.39. The third-order valence-electron chi connectivity index (χ3n) is 3.62. The van der Waals surface area contributed by atoms with Crippen LogP contribution in [0.4, 0.5) is 0 Å². The summed E-state index contributed by atoms with van der Waals surface area (Å²) in [7, 11) is 0. The van der Waals surface area contributed by atoms with Gasteiger partial charge in [-0.25, -0.2) is 4.79 Å². The van der Waals surface area contributed by atoms with Crippen molar-refractivity contribution in [3.05, 3.63) is 23.8 Å². The Morgan fingerprint density at radius 2 is 1.88 bits per heavy atom. The third-order valence-corrected chi connectivity index (χ3v) is 3.62. The van der Waals surface area contributed by atoms with Gasteiger partial charge >= 0.3 is 5.97 Å². The summed E-state index contributed by atoms with van der Waals surface area (Å²) in [6, 6.07) is 3.66. The predicted octanol–water partition coefficient (Wildman–Crippen LogP) is -0.864. The summed E-state index contributed by atoms with van der Waals surface area (Å²) < 4.78 is 15.7. The molecule has 1 aliphatic rings. The molecule has 0 aromatic heterocycles. The van der Waals surface area contributed by atoms with Crippen LogP contribution in [0.15, 0.2) is 18.2 Å². The molecule has 140 valence electrons. The van der Waals surface area contributed by atoms with E-state index in [0.29, 0.717) is 0 Å². The predicted molar refractivity (Wildman–Crippen MR) is 83.1 cm³/mol. The number of carbonyl (C=O) groups is 1. The summed E-state index contributed by atoms with van der Waals surface area (Å²) in [5.41, 5.74) is -0.106. The first-order chi connectivity index (χ1) is 11.7. The number of esters is 1. The van der Waals surface area contributed by atoms with Gasteiger partial charge in [-0.2, -0.15) is 0 Å². The van der Waals surface area contributed by atoms with Crippen LogP contribution in [-0.4, -0.2) is 74.9 Å². The van der Waals surface area contributed by atoms with Crippen LogP contribution in [0.25, 0.3) is 0 Å². The normalized spacial score (nSPS) is 29.5. The molecular weight excluding hydrogens is 336 g/mol. The lowest BCUT2D eigenvalue weighted by Crippen LogP contribution is -2.60. The highest BCUT2D eigenvalue weighted by Gasteiger charge is 2.45. The first kappa shape index (κ1) is 19.4. The molecule has 0 saturated carbocycles. The van der Waals surface area contributed by atoms with Crippen molar-refractivity contribution < 1.29 is 44.5 Å². The van der Waals surface area contributed by atoms with Crippen molar-refractivity contribution >= 4 is 5.97 Å². The molecule has 9 nitrogen and oxygen atoms in total. The molecule has 1 saturated heterocycles. The summed E-state index contributed by atoms with van der Waals surface area (Å²) in [6.45, 7) is 2.69. The van der Waals surface area contributed by atoms with Crippen LogP contribution < -0.4 is 4.74 Å². The summed E-state index contributed by atoms with van der Waals surface area (Å²) in [5, 5.41) is 48.3. The Morgan fingerprint density at radius 1 is 1.20 bits per heavy atom. The molecule has 0 radical (unpaired) electrons. The second-order valence-corrected chi connectivity index (χ2v) is 5.95. The lowest BCUT2D eigenvalue weighted by atomic mass is 9.99. The van der Waals surface area contributed by atoms with Crippen molar-refractivity contribution in [3.63, 3.8) is 0 Å². The van der Waals surface area contributed by atoms with E-state index in [1.165, 1.54) is 12.1 Å². The van der Waals surface area contributed by atoms with Gasteiger partial charge in [-0.3, -0.25) is 0 Å². The molecule has 25 heavy (non-hydrogen) atoms. The number of aromatic hydroxyl groups is 1. The van der Waals surface area contributed by atoms with Crippen LogP contribution in [-0.2, 0) is 9.47 Å². The molecule has 0 amide bonds. The smallest absolute Gasteiger partial charge is 0.342 e. The second-order valence-electron chi connectivity index (χ2n) is 5.95. The molecule has 0 unspecified atom stereocenters. The average Bonchev–Trinajstić information content (AvgIpc) is 2.56. The molecule has 5 atom stereocenters. The summed E-state index contributed by atoms with van der Waals surface area (Å²) >= 11 is 0. The van der Waals surface area contributed by atoms with Gasteiger partial charge in [-0.15, -0.1) is 0 Å². The van der Waals surface area contributed by atoms with Crippen molar-refractivity contribution in [2.45, 2.75) is 50.7 Å². The van der Waals surface area contributed by atoms with Gasteiger partial charge in [0.2, 0.25) is 6.29 Å². The van der Waals surface area contributed by atoms with Gasteiger partial charge < -0.3 is 39.7 Å². The van der Waals surface area contributed by atoms with Crippen LogP contribution in [0.1, 0.15) is 24.2 Å². The third kappa shape index (κ3) is 4.39. The zero-order valence-corrected chi connectivity index (χ0v) is 13.8. The number of aliphatic hydroxyl groups excluding tert-OH is 4. The van der Waals surface area contributed by atoms with Crippen molar-refractivity contribution in [1.82, 2.24) is 0 Å². The first-order valence-corrected chi connectivity index (χ1v) is 7.75. The Kier molecular flexibility index (Phi) is 6.20. The maximum atomic E-state index is 12.1. The standard InChI is InChI=1S/C16H22O9/c1-7(2)23-15(22)9-5-8(18)3-4-10(9)24-16-14(21)13(20)12(19)11(6-17)25-16/h3-5,7,11-14,16-21H,6H2,1-2H3/t11-,12-,13+,14-,16-/m1/s1. The fourth-order valence-electron chi connectivity index (χ4n) is 2.35. The van der Waals surface area contributed by atoms with Gasteiger partial charge in [0, 0.05) is 0 Å². The highest BCUT2D eigenvalue weighted by atomic mass is 16.7. The minimum absolute atomic E-state index is 0.0622. The van der Waals surface area contributed by atoms with E-state index in [1.54, 1.807) is 13.8 Å². The van der Waals surface area contributed by atoms with Crippen molar-refractivity contribution in [1.29, 1.82) is 0 Å². The van der Waals surface area contributed by atoms with Gasteiger partial charge in [0.1, 0.15) is 41.5 Å². The molecule has 0 bridgehead atoms. The number of hydrogen-bond acceptors (Lipinski definition) is 9. The SMILES string of the molecule is CC(C)OC(=O)c1cc(O)ccc1O[C@@H]1O[C@H](CO)[C@@H](O)[C@H](O)[C@H]1O. The monoisotopic (exact) mass is 358 g/mol. The molecule has 5 N–H and O–H groups in total. The van der Waals surface area contributed by atoms with E-state index in [2.05, 4.69) is 0 Å². The van der Waals surface area contributed by atoms with Crippen LogP contribution in [0.3, 0.4) is 0 Å². The van der Waals surface area contributed by atoms with Gasteiger partial charge in [-0.05, 0) is 32.0 Å². The molecule has 1 aromatic rings. The number of benzene rings is 1. The summed E-state index contributed by atoms with van der Waals surface area (Å²) in [5.74, 6) is -1.02. The summed E-state index contributed by atoms with van der Waals surface area (Å²) in [4.78, 5) is 12.1. The number of ether oxygens (including phenoxy) is 3. The van der Waals surface area contributed by atoms with Gasteiger partial charge in [-0.1, -0.05) is 0 Å². The van der Waals surface area contributed by atoms with Gasteiger partial charge in [0.15, 0.2) is 0 Å². The molecule has 1 heterocycles. The summed E-state index contributed by atoms with van der Waals surface area (Å²) in [6.07, 6.45) is -7.77. The zero-order chi connectivity index (χ0) is 18.7. The Balaban J connectivity index is 2.25. The number of rotatable bonds is 5. The molecule has 2 rings (SSSR count). The molecule has 0 spiro atoms. The van der Waals surface area contributed by atoms with Crippen molar-refractivity contribution in [2.24, 2.45) is 0 Å². The number of carbonyl (C=O) groups excluding carboxylic acids is 1. The maximum absolute atomic E-state index is 12.1. The largest absolute Gasteiger partial charge is 0.508 e. The minimum atomic E-state index is -1.62. The maximum Gasteiger partial charge on any atom is 0.342 e. The quantitative estimate of drug-likeness (QED) is 0.424. The fraction of sp³-hybridized carbons (Fsp3) is 0.562. The molecule has 1 aromatic carbocycles. The first-order valence-electron chi connectivity index (χ1n) is 7.75. The van der Waals surface area contributed by atoms with Crippen molar-refractivity contribution in [2.75, 3.05) is 6.61 Å². The van der Waals surface area contributed by atoms with Crippen LogP contribution in [0.2, 0.25) is 0 Å². The number of phenols is 1. The molecule has 0 aliphatic carbocycles.